The van der Waals surface area contributed by atoms with Gasteiger partial charge in [-0.05, 0) is 48.7 Å². The quantitative estimate of drug-likeness (QED) is 0.748. The zero-order chi connectivity index (χ0) is 14.8. The van der Waals surface area contributed by atoms with E-state index < -0.39 is 0 Å². The van der Waals surface area contributed by atoms with Gasteiger partial charge in [0.25, 0.3) is 0 Å². The summed E-state index contributed by atoms with van der Waals surface area (Å²) in [5, 5.41) is 4.06. The fraction of sp³-hybridized carbons (Fsp3) is 0.167. The van der Waals surface area contributed by atoms with Crippen molar-refractivity contribution in [1.29, 1.82) is 0 Å². The standard InChI is InChI=1S/C18H18N2O/c1-12-7-8-15(9-13(12)2)20-18(21)10-14-11-19-17-6-4-3-5-16(14)17/h3-9,11,19H,10H2,1-2H3,(H,20,21). The van der Waals surface area contributed by atoms with Crippen LogP contribution in [0.1, 0.15) is 16.7 Å². The number of anilines is 1. The van der Waals surface area contributed by atoms with Crippen LogP contribution >= 0.6 is 0 Å². The fourth-order valence-corrected chi connectivity index (χ4v) is 2.48. The molecule has 2 aromatic carbocycles. The number of nitrogens with one attached hydrogen (secondary N) is 2. The molecule has 3 heteroatoms. The van der Waals surface area contributed by atoms with Crippen LogP contribution in [-0.2, 0) is 11.2 Å². The molecule has 3 nitrogen and oxygen atoms in total. The molecule has 0 aliphatic rings. The van der Waals surface area contributed by atoms with Crippen molar-refractivity contribution in [2.45, 2.75) is 20.3 Å². The lowest BCUT2D eigenvalue weighted by Gasteiger charge is -2.07. The number of hydrogen-bond donors (Lipinski definition) is 2. The van der Waals surface area contributed by atoms with Crippen molar-refractivity contribution >= 4 is 22.5 Å². The van der Waals surface area contributed by atoms with Crippen LogP contribution in [0, 0.1) is 13.8 Å². The van der Waals surface area contributed by atoms with Crippen LogP contribution in [0.2, 0.25) is 0 Å². The summed E-state index contributed by atoms with van der Waals surface area (Å²) >= 11 is 0. The second-order valence-corrected chi connectivity index (χ2v) is 5.38. The lowest BCUT2D eigenvalue weighted by atomic mass is 10.1. The monoisotopic (exact) mass is 278 g/mol. The molecule has 3 rings (SSSR count). The van der Waals surface area contributed by atoms with E-state index in [0.717, 1.165) is 22.2 Å². The summed E-state index contributed by atoms with van der Waals surface area (Å²) in [5.74, 6) is 0.00278. The third kappa shape index (κ3) is 2.82. The first-order valence-corrected chi connectivity index (χ1v) is 7.05. The normalized spacial score (nSPS) is 10.8. The third-order valence-corrected chi connectivity index (χ3v) is 3.82. The molecule has 0 unspecified atom stereocenters. The number of amides is 1. The molecular formula is C18H18N2O. The van der Waals surface area contributed by atoms with Gasteiger partial charge in [0.1, 0.15) is 0 Å². The van der Waals surface area contributed by atoms with Crippen LogP contribution in [0.15, 0.2) is 48.7 Å². The molecule has 21 heavy (non-hydrogen) atoms. The predicted molar refractivity (Wildman–Crippen MR) is 86.5 cm³/mol. The molecule has 0 radical (unpaired) electrons. The molecule has 106 valence electrons. The van der Waals surface area contributed by atoms with Crippen LogP contribution in [0.5, 0.6) is 0 Å². The molecule has 0 bridgehead atoms. The summed E-state index contributed by atoms with van der Waals surface area (Å²) < 4.78 is 0. The average molecular weight is 278 g/mol. The van der Waals surface area contributed by atoms with Gasteiger partial charge >= 0.3 is 0 Å². The van der Waals surface area contributed by atoms with Gasteiger partial charge in [0.05, 0.1) is 6.42 Å². The van der Waals surface area contributed by atoms with Crippen molar-refractivity contribution in [2.75, 3.05) is 5.32 Å². The van der Waals surface area contributed by atoms with Crippen molar-refractivity contribution in [3.8, 4) is 0 Å². The van der Waals surface area contributed by atoms with E-state index in [1.54, 1.807) is 0 Å². The fourth-order valence-electron chi connectivity index (χ4n) is 2.48. The number of carbonyl (C=O) groups excluding carboxylic acids is 1. The minimum atomic E-state index is 0.00278. The lowest BCUT2D eigenvalue weighted by Crippen LogP contribution is -2.14. The largest absolute Gasteiger partial charge is 0.361 e. The van der Waals surface area contributed by atoms with E-state index >= 15 is 0 Å². The highest BCUT2D eigenvalue weighted by molar-refractivity contribution is 5.95. The summed E-state index contributed by atoms with van der Waals surface area (Å²) in [6, 6.07) is 14.0. The summed E-state index contributed by atoms with van der Waals surface area (Å²) in [5.41, 5.74) is 5.34. The number of rotatable bonds is 3. The number of aryl methyl sites for hydroxylation is 2. The molecule has 0 aliphatic heterocycles. The Balaban J connectivity index is 1.75. The third-order valence-electron chi connectivity index (χ3n) is 3.82. The summed E-state index contributed by atoms with van der Waals surface area (Å²) in [6.45, 7) is 4.11. The molecule has 0 spiro atoms. The predicted octanol–water partition coefficient (Wildman–Crippen LogP) is 3.97. The van der Waals surface area contributed by atoms with Gasteiger partial charge in [-0.25, -0.2) is 0 Å². The van der Waals surface area contributed by atoms with Crippen LogP contribution < -0.4 is 5.32 Å². The Morgan fingerprint density at radius 3 is 2.71 bits per heavy atom. The highest BCUT2D eigenvalue weighted by atomic mass is 16.1. The Bertz CT molecular complexity index is 802. The smallest absolute Gasteiger partial charge is 0.228 e. The maximum absolute atomic E-state index is 12.2. The Labute approximate surface area is 124 Å². The molecule has 0 saturated heterocycles. The Hall–Kier alpha value is -2.55. The number of aromatic amines is 1. The number of benzene rings is 2. The molecular weight excluding hydrogens is 260 g/mol. The van der Waals surface area contributed by atoms with Gasteiger partial charge in [-0.2, -0.15) is 0 Å². The Kier molecular flexibility index (Phi) is 3.48. The molecule has 0 aliphatic carbocycles. The SMILES string of the molecule is Cc1ccc(NC(=O)Cc2c[nH]c3ccccc23)cc1C. The summed E-state index contributed by atoms with van der Waals surface area (Å²) in [7, 11) is 0. The number of hydrogen-bond acceptors (Lipinski definition) is 1. The van der Waals surface area contributed by atoms with Crippen LogP contribution in [-0.4, -0.2) is 10.9 Å². The van der Waals surface area contributed by atoms with Crippen molar-refractivity contribution in [2.24, 2.45) is 0 Å². The number of fused-ring (bicyclic) bond motifs is 1. The van der Waals surface area contributed by atoms with Gasteiger partial charge < -0.3 is 10.3 Å². The van der Waals surface area contributed by atoms with Crippen molar-refractivity contribution in [3.05, 3.63) is 65.4 Å². The first-order valence-electron chi connectivity index (χ1n) is 7.05. The number of aromatic nitrogens is 1. The van der Waals surface area contributed by atoms with E-state index in [9.17, 15) is 4.79 Å². The molecule has 1 amide bonds. The van der Waals surface area contributed by atoms with Gasteiger partial charge in [0.15, 0.2) is 0 Å². The van der Waals surface area contributed by atoms with Crippen LogP contribution in [0.3, 0.4) is 0 Å². The second kappa shape index (κ2) is 5.44. The number of para-hydroxylation sites is 1. The first-order chi connectivity index (χ1) is 10.1. The summed E-state index contributed by atoms with van der Waals surface area (Å²) in [6.07, 6.45) is 2.28. The molecule has 0 saturated carbocycles. The topological polar surface area (TPSA) is 44.9 Å². The first kappa shape index (κ1) is 13.4. The second-order valence-electron chi connectivity index (χ2n) is 5.38. The maximum Gasteiger partial charge on any atom is 0.228 e. The van der Waals surface area contributed by atoms with Crippen molar-refractivity contribution in [1.82, 2.24) is 4.98 Å². The Morgan fingerprint density at radius 2 is 1.90 bits per heavy atom. The van der Waals surface area contributed by atoms with E-state index in [1.807, 2.05) is 55.6 Å². The average Bonchev–Trinajstić information content (AvgIpc) is 2.86. The molecule has 1 heterocycles. The van der Waals surface area contributed by atoms with E-state index in [1.165, 1.54) is 11.1 Å². The van der Waals surface area contributed by atoms with Crippen molar-refractivity contribution < 1.29 is 4.79 Å². The van der Waals surface area contributed by atoms with Crippen LogP contribution in [0.25, 0.3) is 10.9 Å². The number of carbonyl (C=O) groups is 1. The van der Waals surface area contributed by atoms with E-state index in [2.05, 4.69) is 17.2 Å². The highest BCUT2D eigenvalue weighted by Crippen LogP contribution is 2.19. The van der Waals surface area contributed by atoms with E-state index in [-0.39, 0.29) is 5.91 Å². The summed E-state index contributed by atoms with van der Waals surface area (Å²) in [4.78, 5) is 15.4. The number of H-pyrrole nitrogens is 1. The minimum absolute atomic E-state index is 0.00278. The zero-order valence-electron chi connectivity index (χ0n) is 12.2. The van der Waals surface area contributed by atoms with Gasteiger partial charge in [-0.1, -0.05) is 24.3 Å². The van der Waals surface area contributed by atoms with Gasteiger partial charge in [-0.15, -0.1) is 0 Å². The maximum atomic E-state index is 12.2. The van der Waals surface area contributed by atoms with Gasteiger partial charge in [-0.3, -0.25) is 4.79 Å². The molecule has 2 N–H and O–H groups in total. The molecule has 0 atom stereocenters. The highest BCUT2D eigenvalue weighted by Gasteiger charge is 2.09. The van der Waals surface area contributed by atoms with E-state index in [4.69, 9.17) is 0 Å². The van der Waals surface area contributed by atoms with E-state index in [0.29, 0.717) is 6.42 Å². The Morgan fingerprint density at radius 1 is 1.10 bits per heavy atom. The zero-order valence-corrected chi connectivity index (χ0v) is 12.2. The molecule has 1 aromatic heterocycles. The minimum Gasteiger partial charge on any atom is -0.361 e. The lowest BCUT2D eigenvalue weighted by molar-refractivity contribution is -0.115. The van der Waals surface area contributed by atoms with Gasteiger partial charge in [0, 0.05) is 22.8 Å². The van der Waals surface area contributed by atoms with Gasteiger partial charge in [0.2, 0.25) is 5.91 Å². The molecule has 0 fully saturated rings. The van der Waals surface area contributed by atoms with Crippen LogP contribution in [0.4, 0.5) is 5.69 Å². The van der Waals surface area contributed by atoms with Crippen molar-refractivity contribution in [3.63, 3.8) is 0 Å². The molecule has 3 aromatic rings.